The van der Waals surface area contributed by atoms with E-state index in [1.807, 2.05) is 4.90 Å². The standard InChI is InChI=1S/C17H23F4N3O.ClH/c18-13-5-4-12(15(9-13)17(19,20)21)11-24-8-2-1-3-14(24)10-23-16(25)6-7-22;/h4-5,9,14H,1-3,6-8,10-11,22H2,(H,23,25);1H. The molecule has 1 fully saturated rings. The molecular formula is C17H24ClF4N3O. The second kappa shape index (κ2) is 10.1. The minimum atomic E-state index is -4.60. The van der Waals surface area contributed by atoms with Crippen molar-refractivity contribution in [3.05, 3.63) is 35.1 Å². The molecule has 1 unspecified atom stereocenters. The smallest absolute Gasteiger partial charge is 0.354 e. The highest BCUT2D eigenvalue weighted by Gasteiger charge is 2.35. The number of likely N-dealkylation sites (tertiary alicyclic amines) is 1. The number of nitrogens with one attached hydrogen (secondary N) is 1. The maximum Gasteiger partial charge on any atom is 0.416 e. The van der Waals surface area contributed by atoms with Gasteiger partial charge in [-0.1, -0.05) is 12.5 Å². The Morgan fingerprint density at radius 2 is 2.04 bits per heavy atom. The second-order valence-electron chi connectivity index (χ2n) is 6.26. The first kappa shape index (κ1) is 22.7. The molecule has 26 heavy (non-hydrogen) atoms. The number of amides is 1. The zero-order valence-corrected chi connectivity index (χ0v) is 15.1. The molecule has 1 heterocycles. The Labute approximate surface area is 156 Å². The maximum absolute atomic E-state index is 13.2. The summed E-state index contributed by atoms with van der Waals surface area (Å²) < 4.78 is 52.7. The number of nitrogens with zero attached hydrogens (tertiary/aromatic N) is 1. The van der Waals surface area contributed by atoms with E-state index in [2.05, 4.69) is 5.32 Å². The Hall–Kier alpha value is -1.38. The van der Waals surface area contributed by atoms with Crippen molar-refractivity contribution in [3.63, 3.8) is 0 Å². The molecular weight excluding hydrogens is 374 g/mol. The lowest BCUT2D eigenvalue weighted by Gasteiger charge is -2.36. The third-order valence-electron chi connectivity index (χ3n) is 4.41. The van der Waals surface area contributed by atoms with Gasteiger partial charge in [-0.2, -0.15) is 13.2 Å². The number of piperidine rings is 1. The molecule has 1 amide bonds. The minimum absolute atomic E-state index is 0. The fourth-order valence-corrected chi connectivity index (χ4v) is 3.12. The van der Waals surface area contributed by atoms with E-state index in [1.165, 1.54) is 6.07 Å². The zero-order valence-electron chi connectivity index (χ0n) is 14.3. The third-order valence-corrected chi connectivity index (χ3v) is 4.41. The molecule has 1 aromatic carbocycles. The van der Waals surface area contributed by atoms with Crippen LogP contribution < -0.4 is 11.1 Å². The van der Waals surface area contributed by atoms with Crippen LogP contribution in [0, 0.1) is 5.82 Å². The van der Waals surface area contributed by atoms with E-state index in [4.69, 9.17) is 5.73 Å². The Morgan fingerprint density at radius 3 is 2.69 bits per heavy atom. The Bertz CT molecular complexity index is 598. The van der Waals surface area contributed by atoms with Crippen molar-refractivity contribution in [1.82, 2.24) is 10.2 Å². The van der Waals surface area contributed by atoms with Crippen LogP contribution in [0.5, 0.6) is 0 Å². The van der Waals surface area contributed by atoms with Crippen LogP contribution in [0.3, 0.4) is 0 Å². The monoisotopic (exact) mass is 397 g/mol. The molecule has 0 aromatic heterocycles. The molecule has 9 heteroatoms. The van der Waals surface area contributed by atoms with Crippen LogP contribution >= 0.6 is 12.4 Å². The Kier molecular flexibility index (Phi) is 8.79. The summed E-state index contributed by atoms with van der Waals surface area (Å²) in [5.41, 5.74) is 4.44. The van der Waals surface area contributed by atoms with Gasteiger partial charge in [0, 0.05) is 32.1 Å². The molecule has 1 atom stereocenters. The predicted octanol–water partition coefficient (Wildman–Crippen LogP) is 3.09. The molecule has 1 aliphatic heterocycles. The van der Waals surface area contributed by atoms with Gasteiger partial charge in [0.1, 0.15) is 5.82 Å². The van der Waals surface area contributed by atoms with Crippen LogP contribution in [0.15, 0.2) is 18.2 Å². The lowest BCUT2D eigenvalue weighted by atomic mass is 9.99. The van der Waals surface area contributed by atoms with Crippen molar-refractivity contribution >= 4 is 18.3 Å². The van der Waals surface area contributed by atoms with E-state index in [0.29, 0.717) is 19.2 Å². The third kappa shape index (κ3) is 6.41. The Morgan fingerprint density at radius 1 is 1.31 bits per heavy atom. The van der Waals surface area contributed by atoms with Crippen molar-refractivity contribution < 1.29 is 22.4 Å². The average Bonchev–Trinajstić information content (AvgIpc) is 2.55. The van der Waals surface area contributed by atoms with Gasteiger partial charge in [-0.05, 0) is 37.1 Å². The number of carbonyl (C=O) groups excluding carboxylic acids is 1. The zero-order chi connectivity index (χ0) is 18.4. The first-order valence-corrected chi connectivity index (χ1v) is 8.37. The number of benzene rings is 1. The normalized spacial score (nSPS) is 18.3. The Balaban J connectivity index is 0.00000338. The van der Waals surface area contributed by atoms with Crippen LogP contribution in [-0.4, -0.2) is 36.5 Å². The van der Waals surface area contributed by atoms with Crippen LogP contribution in [-0.2, 0) is 17.5 Å². The van der Waals surface area contributed by atoms with Crippen molar-refractivity contribution in [2.45, 2.75) is 44.4 Å². The molecule has 3 N–H and O–H groups in total. The fraction of sp³-hybridized carbons (Fsp3) is 0.588. The average molecular weight is 398 g/mol. The number of hydrogen-bond acceptors (Lipinski definition) is 3. The van der Waals surface area contributed by atoms with Gasteiger partial charge in [-0.3, -0.25) is 9.69 Å². The molecule has 2 rings (SSSR count). The van der Waals surface area contributed by atoms with Gasteiger partial charge in [-0.15, -0.1) is 12.4 Å². The summed E-state index contributed by atoms with van der Waals surface area (Å²) in [7, 11) is 0. The first-order chi connectivity index (χ1) is 11.8. The van der Waals surface area contributed by atoms with Crippen molar-refractivity contribution in [1.29, 1.82) is 0 Å². The SMILES string of the molecule is Cl.NCCC(=O)NCC1CCCCN1Cc1ccc(F)cc1C(F)(F)F. The lowest BCUT2D eigenvalue weighted by molar-refractivity contribution is -0.138. The molecule has 1 aliphatic rings. The van der Waals surface area contributed by atoms with Gasteiger partial charge in [-0.25, -0.2) is 4.39 Å². The number of halogens is 5. The second-order valence-corrected chi connectivity index (χ2v) is 6.26. The van der Waals surface area contributed by atoms with Crippen molar-refractivity contribution in [3.8, 4) is 0 Å². The summed E-state index contributed by atoms with van der Waals surface area (Å²) in [6, 6.07) is 2.74. The number of carbonyl (C=O) groups is 1. The minimum Gasteiger partial charge on any atom is -0.354 e. The molecule has 0 spiro atoms. The van der Waals surface area contributed by atoms with E-state index in [-0.39, 0.29) is 49.4 Å². The molecule has 0 saturated carbocycles. The van der Waals surface area contributed by atoms with Crippen LogP contribution in [0.4, 0.5) is 17.6 Å². The predicted molar refractivity (Wildman–Crippen MR) is 93.4 cm³/mol. The summed E-state index contributed by atoms with van der Waals surface area (Å²) in [5, 5.41) is 2.78. The molecule has 1 saturated heterocycles. The van der Waals surface area contributed by atoms with E-state index < -0.39 is 17.6 Å². The fourth-order valence-electron chi connectivity index (χ4n) is 3.12. The molecule has 0 aliphatic carbocycles. The summed E-state index contributed by atoms with van der Waals surface area (Å²) in [6.07, 6.45) is -1.73. The van der Waals surface area contributed by atoms with Crippen molar-refractivity contribution in [2.24, 2.45) is 5.73 Å². The molecule has 0 bridgehead atoms. The van der Waals surface area contributed by atoms with Gasteiger partial charge in [0.15, 0.2) is 0 Å². The molecule has 148 valence electrons. The van der Waals surface area contributed by atoms with Gasteiger partial charge >= 0.3 is 6.18 Å². The van der Waals surface area contributed by atoms with Gasteiger partial charge < -0.3 is 11.1 Å². The summed E-state index contributed by atoms with van der Waals surface area (Å²) >= 11 is 0. The summed E-state index contributed by atoms with van der Waals surface area (Å²) in [4.78, 5) is 13.5. The summed E-state index contributed by atoms with van der Waals surface area (Å²) in [6.45, 7) is 1.35. The highest BCUT2D eigenvalue weighted by molar-refractivity contribution is 5.85. The van der Waals surface area contributed by atoms with Gasteiger partial charge in [0.25, 0.3) is 0 Å². The lowest BCUT2D eigenvalue weighted by Crippen LogP contribution is -2.46. The maximum atomic E-state index is 13.2. The van der Waals surface area contributed by atoms with Gasteiger partial charge in [0.2, 0.25) is 5.91 Å². The number of nitrogens with two attached hydrogens (primary N) is 1. The van der Waals surface area contributed by atoms with Crippen molar-refractivity contribution in [2.75, 3.05) is 19.6 Å². The number of hydrogen-bond donors (Lipinski definition) is 2. The van der Waals surface area contributed by atoms with E-state index in [1.54, 1.807) is 0 Å². The topological polar surface area (TPSA) is 58.4 Å². The quantitative estimate of drug-likeness (QED) is 0.725. The van der Waals surface area contributed by atoms with Gasteiger partial charge in [0.05, 0.1) is 5.56 Å². The molecule has 0 radical (unpaired) electrons. The molecule has 1 aromatic rings. The largest absolute Gasteiger partial charge is 0.416 e. The number of rotatable bonds is 6. The van der Waals surface area contributed by atoms with E-state index in [0.717, 1.165) is 25.3 Å². The first-order valence-electron chi connectivity index (χ1n) is 8.37. The number of alkyl halides is 3. The molecule has 4 nitrogen and oxygen atoms in total. The summed E-state index contributed by atoms with van der Waals surface area (Å²) in [5.74, 6) is -1.06. The van der Waals surface area contributed by atoms with E-state index >= 15 is 0 Å². The highest BCUT2D eigenvalue weighted by Crippen LogP contribution is 2.34. The highest BCUT2D eigenvalue weighted by atomic mass is 35.5. The van der Waals surface area contributed by atoms with Crippen LogP contribution in [0.2, 0.25) is 0 Å². The van der Waals surface area contributed by atoms with Crippen LogP contribution in [0.1, 0.15) is 36.8 Å². The van der Waals surface area contributed by atoms with E-state index in [9.17, 15) is 22.4 Å². The van der Waals surface area contributed by atoms with Crippen LogP contribution in [0.25, 0.3) is 0 Å².